The van der Waals surface area contributed by atoms with Crippen LogP contribution < -0.4 is 4.74 Å². The first-order valence-electron chi connectivity index (χ1n) is 12.4. The van der Waals surface area contributed by atoms with Crippen molar-refractivity contribution in [2.24, 2.45) is 5.92 Å². The molecular weight excluding hydrogens is 464 g/mol. The van der Waals surface area contributed by atoms with E-state index in [0.717, 1.165) is 31.2 Å². The molecule has 0 amide bonds. The van der Waals surface area contributed by atoms with Crippen LogP contribution in [0.5, 0.6) is 5.75 Å². The largest absolute Gasteiger partial charge is 0.491 e. The van der Waals surface area contributed by atoms with E-state index in [-0.39, 0.29) is 29.4 Å². The second-order valence-electron chi connectivity index (χ2n) is 9.14. The van der Waals surface area contributed by atoms with Gasteiger partial charge in [0.15, 0.2) is 23.2 Å². The van der Waals surface area contributed by atoms with Gasteiger partial charge in [0, 0.05) is 11.1 Å². The third-order valence-corrected chi connectivity index (χ3v) is 6.84. The van der Waals surface area contributed by atoms with Crippen LogP contribution in [0.25, 0.3) is 23.3 Å². The molecule has 0 aromatic heterocycles. The molecule has 1 fully saturated rings. The molecule has 0 radical (unpaired) electrons. The summed E-state index contributed by atoms with van der Waals surface area (Å²) in [5, 5.41) is 0. The maximum atomic E-state index is 14.9. The van der Waals surface area contributed by atoms with Crippen LogP contribution in [-0.2, 0) is 0 Å². The van der Waals surface area contributed by atoms with E-state index in [4.69, 9.17) is 4.74 Å². The summed E-state index contributed by atoms with van der Waals surface area (Å²) in [5.74, 6) is -3.17. The quantitative estimate of drug-likeness (QED) is 0.181. The van der Waals surface area contributed by atoms with Gasteiger partial charge >= 0.3 is 0 Å². The summed E-state index contributed by atoms with van der Waals surface area (Å²) in [4.78, 5) is 0. The molecule has 1 aliphatic carbocycles. The predicted octanol–water partition coefficient (Wildman–Crippen LogP) is 9.33. The van der Waals surface area contributed by atoms with Crippen molar-refractivity contribution in [3.05, 3.63) is 101 Å². The second kappa shape index (κ2) is 11.6. The molecule has 0 N–H and O–H groups in total. The average molecular weight is 495 g/mol. The second-order valence-corrected chi connectivity index (χ2v) is 9.14. The van der Waals surface area contributed by atoms with Gasteiger partial charge in [-0.3, -0.25) is 0 Å². The Bertz CT molecular complexity index is 1250. The SMILES string of the molecule is C/C=C/C1CCC(c2ccc(/C=C/c3ccc(-c4ccc(OCC)c(F)c4F)cc3)c(F)c2F)CC1. The van der Waals surface area contributed by atoms with Crippen LogP contribution in [0, 0.1) is 29.2 Å². The van der Waals surface area contributed by atoms with Crippen molar-refractivity contribution in [1.29, 1.82) is 0 Å². The highest BCUT2D eigenvalue weighted by molar-refractivity contribution is 5.73. The van der Waals surface area contributed by atoms with Crippen LogP contribution in [0.3, 0.4) is 0 Å². The Balaban J connectivity index is 1.48. The molecule has 0 saturated heterocycles. The molecule has 0 spiro atoms. The van der Waals surface area contributed by atoms with Gasteiger partial charge in [-0.05, 0) is 80.2 Å². The molecule has 1 nitrogen and oxygen atoms in total. The molecule has 0 unspecified atom stereocenters. The summed E-state index contributed by atoms with van der Waals surface area (Å²) < 4.78 is 63.5. The fourth-order valence-electron chi connectivity index (χ4n) is 4.90. The van der Waals surface area contributed by atoms with Gasteiger partial charge < -0.3 is 4.74 Å². The van der Waals surface area contributed by atoms with E-state index >= 15 is 0 Å². The van der Waals surface area contributed by atoms with Gasteiger partial charge in [-0.2, -0.15) is 4.39 Å². The van der Waals surface area contributed by atoms with E-state index in [0.29, 0.717) is 17.0 Å². The zero-order valence-corrected chi connectivity index (χ0v) is 20.5. The number of ether oxygens (including phenoxy) is 1. The summed E-state index contributed by atoms with van der Waals surface area (Å²) in [6, 6.07) is 12.9. The number of allylic oxidation sites excluding steroid dienone is 2. The van der Waals surface area contributed by atoms with E-state index in [1.54, 1.807) is 49.4 Å². The van der Waals surface area contributed by atoms with Crippen molar-refractivity contribution in [3.63, 3.8) is 0 Å². The van der Waals surface area contributed by atoms with Gasteiger partial charge in [-0.1, -0.05) is 60.7 Å². The van der Waals surface area contributed by atoms with Crippen molar-refractivity contribution in [1.82, 2.24) is 0 Å². The zero-order valence-electron chi connectivity index (χ0n) is 20.5. The van der Waals surface area contributed by atoms with Gasteiger partial charge in [0.1, 0.15) is 0 Å². The third kappa shape index (κ3) is 5.56. The standard InChI is InChI=1S/C31H30F4O/c1-3-5-20-6-11-22(12-7-20)25-17-16-24(28(32)29(25)33)15-10-21-8-13-23(14-9-21)26-18-19-27(36-4-2)31(35)30(26)34/h3,5,8-10,13-20,22H,4,6-7,11-12H2,1-2H3/b5-3+,15-10+. The summed E-state index contributed by atoms with van der Waals surface area (Å²) >= 11 is 0. The Morgan fingerprint density at radius 3 is 2.17 bits per heavy atom. The first kappa shape index (κ1) is 25.7. The molecule has 3 aromatic carbocycles. The molecule has 1 saturated carbocycles. The zero-order chi connectivity index (χ0) is 25.7. The fraction of sp³-hybridized carbons (Fsp3) is 0.290. The van der Waals surface area contributed by atoms with E-state index in [9.17, 15) is 17.6 Å². The minimum Gasteiger partial charge on any atom is -0.491 e. The molecule has 0 heterocycles. The maximum Gasteiger partial charge on any atom is 0.201 e. The molecule has 5 heteroatoms. The summed E-state index contributed by atoms with van der Waals surface area (Å²) in [7, 11) is 0. The van der Waals surface area contributed by atoms with Crippen molar-refractivity contribution in [2.45, 2.75) is 45.4 Å². The topological polar surface area (TPSA) is 9.23 Å². The molecule has 3 aromatic rings. The molecule has 0 atom stereocenters. The maximum absolute atomic E-state index is 14.9. The minimum atomic E-state index is -1.02. The van der Waals surface area contributed by atoms with Gasteiger partial charge in [0.05, 0.1) is 6.61 Å². The van der Waals surface area contributed by atoms with Gasteiger partial charge in [0.25, 0.3) is 0 Å². The van der Waals surface area contributed by atoms with Crippen molar-refractivity contribution in [2.75, 3.05) is 6.61 Å². The normalized spacial score (nSPS) is 18.3. The Morgan fingerprint density at radius 1 is 0.778 bits per heavy atom. The lowest BCUT2D eigenvalue weighted by atomic mass is 9.78. The summed E-state index contributed by atoms with van der Waals surface area (Å²) in [6.45, 7) is 3.94. The summed E-state index contributed by atoms with van der Waals surface area (Å²) in [6.07, 6.45) is 11.1. The molecule has 1 aliphatic rings. The first-order chi connectivity index (χ1) is 17.4. The van der Waals surface area contributed by atoms with Gasteiger partial charge in [-0.25, -0.2) is 13.2 Å². The van der Waals surface area contributed by atoms with Gasteiger partial charge in [0.2, 0.25) is 5.82 Å². The van der Waals surface area contributed by atoms with Crippen molar-refractivity contribution in [3.8, 4) is 16.9 Å². The van der Waals surface area contributed by atoms with E-state index in [1.807, 2.05) is 6.92 Å². The molecule has 36 heavy (non-hydrogen) atoms. The lowest BCUT2D eigenvalue weighted by Gasteiger charge is -2.27. The van der Waals surface area contributed by atoms with Crippen LogP contribution in [0.1, 0.15) is 62.1 Å². The molecule has 0 bridgehead atoms. The lowest BCUT2D eigenvalue weighted by molar-refractivity contribution is 0.314. The highest BCUT2D eigenvalue weighted by atomic mass is 19.2. The van der Waals surface area contributed by atoms with Crippen LogP contribution >= 0.6 is 0 Å². The highest BCUT2D eigenvalue weighted by Crippen LogP contribution is 2.38. The Kier molecular flexibility index (Phi) is 8.29. The van der Waals surface area contributed by atoms with Crippen molar-refractivity contribution >= 4 is 12.2 Å². The van der Waals surface area contributed by atoms with Crippen LogP contribution in [-0.4, -0.2) is 6.61 Å². The number of rotatable bonds is 7. The van der Waals surface area contributed by atoms with E-state index < -0.39 is 23.3 Å². The number of benzene rings is 3. The predicted molar refractivity (Wildman–Crippen MR) is 138 cm³/mol. The lowest BCUT2D eigenvalue weighted by Crippen LogP contribution is -2.13. The Hall–Kier alpha value is -3.34. The van der Waals surface area contributed by atoms with E-state index in [2.05, 4.69) is 12.2 Å². The van der Waals surface area contributed by atoms with E-state index in [1.165, 1.54) is 18.2 Å². The van der Waals surface area contributed by atoms with Crippen molar-refractivity contribution < 1.29 is 22.3 Å². The monoisotopic (exact) mass is 494 g/mol. The van der Waals surface area contributed by atoms with Crippen LogP contribution in [0.4, 0.5) is 17.6 Å². The van der Waals surface area contributed by atoms with Crippen LogP contribution in [0.2, 0.25) is 0 Å². The third-order valence-electron chi connectivity index (χ3n) is 6.84. The fourth-order valence-corrected chi connectivity index (χ4v) is 4.90. The molecular formula is C31H30F4O. The number of halogens is 4. The average Bonchev–Trinajstić information content (AvgIpc) is 2.89. The number of hydrogen-bond donors (Lipinski definition) is 0. The number of hydrogen-bond acceptors (Lipinski definition) is 1. The van der Waals surface area contributed by atoms with Crippen LogP contribution in [0.15, 0.2) is 60.7 Å². The Morgan fingerprint density at radius 2 is 1.50 bits per heavy atom. The highest BCUT2D eigenvalue weighted by Gasteiger charge is 2.25. The molecule has 4 rings (SSSR count). The Labute approximate surface area is 210 Å². The smallest absolute Gasteiger partial charge is 0.201 e. The molecule has 0 aliphatic heterocycles. The summed E-state index contributed by atoms with van der Waals surface area (Å²) in [5.41, 5.74) is 1.96. The molecule has 188 valence electrons. The van der Waals surface area contributed by atoms with Gasteiger partial charge in [-0.15, -0.1) is 0 Å². The first-order valence-corrected chi connectivity index (χ1v) is 12.4. The minimum absolute atomic E-state index is 0.0411.